The van der Waals surface area contributed by atoms with E-state index in [4.69, 9.17) is 0 Å². The molecule has 68 valence electrons. The Morgan fingerprint density at radius 2 is 2.09 bits per heavy atom. The molecule has 0 radical (unpaired) electrons. The molecule has 2 atom stereocenters. The first-order valence-corrected chi connectivity index (χ1v) is 3.71. The quantitative estimate of drug-likeness (QED) is 0.660. The van der Waals surface area contributed by atoms with E-state index in [1.807, 2.05) is 6.92 Å². The van der Waals surface area contributed by atoms with Crippen molar-refractivity contribution in [3.05, 3.63) is 0 Å². The van der Waals surface area contributed by atoms with Gasteiger partial charge in [0.2, 0.25) is 6.43 Å². The average molecular weight is 186 g/mol. The SMILES string of the molecule is CC1CC(C(F)F)CCN1.Cl. The summed E-state index contributed by atoms with van der Waals surface area (Å²) in [5.74, 6) is -0.365. The fourth-order valence-corrected chi connectivity index (χ4v) is 1.40. The van der Waals surface area contributed by atoms with Crippen molar-refractivity contribution in [2.24, 2.45) is 5.92 Å². The van der Waals surface area contributed by atoms with E-state index in [1.165, 1.54) is 0 Å². The highest BCUT2D eigenvalue weighted by Gasteiger charge is 2.25. The Hall–Kier alpha value is 0.110. The third-order valence-electron chi connectivity index (χ3n) is 2.02. The molecule has 0 aromatic rings. The van der Waals surface area contributed by atoms with Crippen LogP contribution in [0.15, 0.2) is 0 Å². The van der Waals surface area contributed by atoms with E-state index in [1.54, 1.807) is 0 Å². The third-order valence-corrected chi connectivity index (χ3v) is 2.02. The van der Waals surface area contributed by atoms with E-state index in [2.05, 4.69) is 5.32 Å². The Bertz CT molecular complexity index is 111. The summed E-state index contributed by atoms with van der Waals surface area (Å²) in [6, 6.07) is 0.271. The number of hydrogen-bond acceptors (Lipinski definition) is 1. The number of halogens is 3. The summed E-state index contributed by atoms with van der Waals surface area (Å²) in [5, 5.41) is 3.13. The minimum Gasteiger partial charge on any atom is -0.314 e. The molecular formula is C7H14ClF2N. The molecule has 0 aliphatic carbocycles. The molecule has 1 saturated heterocycles. The first-order chi connectivity index (χ1) is 4.70. The molecule has 1 N–H and O–H groups in total. The smallest absolute Gasteiger partial charge is 0.241 e. The second-order valence-corrected chi connectivity index (χ2v) is 2.97. The van der Waals surface area contributed by atoms with Crippen molar-refractivity contribution < 1.29 is 8.78 Å². The largest absolute Gasteiger partial charge is 0.314 e. The molecule has 0 aromatic carbocycles. The summed E-state index contributed by atoms with van der Waals surface area (Å²) >= 11 is 0. The molecule has 1 nitrogen and oxygen atoms in total. The summed E-state index contributed by atoms with van der Waals surface area (Å²) < 4.78 is 24.1. The van der Waals surface area contributed by atoms with Crippen LogP contribution >= 0.6 is 12.4 Å². The molecule has 1 fully saturated rings. The van der Waals surface area contributed by atoms with Crippen LogP contribution in [0.4, 0.5) is 8.78 Å². The van der Waals surface area contributed by atoms with E-state index < -0.39 is 6.43 Å². The van der Waals surface area contributed by atoms with Gasteiger partial charge in [-0.1, -0.05) is 0 Å². The van der Waals surface area contributed by atoms with Gasteiger partial charge in [-0.3, -0.25) is 0 Å². The van der Waals surface area contributed by atoms with Gasteiger partial charge in [-0.15, -0.1) is 12.4 Å². The highest BCUT2D eigenvalue weighted by atomic mass is 35.5. The summed E-state index contributed by atoms with van der Waals surface area (Å²) in [5.41, 5.74) is 0. The van der Waals surface area contributed by atoms with E-state index in [-0.39, 0.29) is 24.4 Å². The van der Waals surface area contributed by atoms with Crippen molar-refractivity contribution in [2.75, 3.05) is 6.54 Å². The predicted octanol–water partition coefficient (Wildman–Crippen LogP) is 2.06. The number of piperidine rings is 1. The molecule has 1 heterocycles. The molecule has 11 heavy (non-hydrogen) atoms. The van der Waals surface area contributed by atoms with Crippen molar-refractivity contribution in [1.82, 2.24) is 5.32 Å². The van der Waals surface area contributed by atoms with Crippen LogP contribution in [0, 0.1) is 5.92 Å². The van der Waals surface area contributed by atoms with Crippen LogP contribution < -0.4 is 5.32 Å². The fourth-order valence-electron chi connectivity index (χ4n) is 1.40. The molecule has 0 aromatic heterocycles. The molecule has 1 aliphatic rings. The van der Waals surface area contributed by atoms with Gasteiger partial charge in [-0.05, 0) is 26.3 Å². The standard InChI is InChI=1S/C7H13F2N.ClH/c1-5-4-6(7(8)9)2-3-10-5;/h5-7,10H,2-4H2,1H3;1H. The van der Waals surface area contributed by atoms with E-state index in [9.17, 15) is 8.78 Å². The Morgan fingerprint density at radius 3 is 2.45 bits per heavy atom. The lowest BCUT2D eigenvalue weighted by Gasteiger charge is -2.27. The van der Waals surface area contributed by atoms with Gasteiger partial charge in [0.15, 0.2) is 0 Å². The van der Waals surface area contributed by atoms with Crippen molar-refractivity contribution in [2.45, 2.75) is 32.2 Å². The van der Waals surface area contributed by atoms with Gasteiger partial charge in [-0.25, -0.2) is 8.78 Å². The number of rotatable bonds is 1. The lowest BCUT2D eigenvalue weighted by atomic mass is 9.94. The van der Waals surface area contributed by atoms with Crippen molar-refractivity contribution in [1.29, 1.82) is 0 Å². The fraction of sp³-hybridized carbons (Fsp3) is 1.00. The Kier molecular flexibility index (Phi) is 4.93. The second kappa shape index (κ2) is 4.88. The van der Waals surface area contributed by atoms with Crippen molar-refractivity contribution >= 4 is 12.4 Å². The van der Waals surface area contributed by atoms with Gasteiger partial charge < -0.3 is 5.32 Å². The monoisotopic (exact) mass is 185 g/mol. The Morgan fingerprint density at radius 1 is 1.45 bits per heavy atom. The number of alkyl halides is 2. The van der Waals surface area contributed by atoms with Crippen LogP contribution in [0.3, 0.4) is 0 Å². The van der Waals surface area contributed by atoms with E-state index in [0.717, 1.165) is 6.54 Å². The van der Waals surface area contributed by atoms with Crippen LogP contribution in [-0.2, 0) is 0 Å². The zero-order valence-electron chi connectivity index (χ0n) is 6.52. The van der Waals surface area contributed by atoms with Crippen LogP contribution in [-0.4, -0.2) is 19.0 Å². The second-order valence-electron chi connectivity index (χ2n) is 2.97. The summed E-state index contributed by atoms with van der Waals surface area (Å²) in [7, 11) is 0. The lowest BCUT2D eigenvalue weighted by molar-refractivity contribution is 0.0519. The average Bonchev–Trinajstić information content (AvgIpc) is 1.88. The number of nitrogens with one attached hydrogen (secondary N) is 1. The third kappa shape index (κ3) is 3.34. The molecule has 0 saturated carbocycles. The summed E-state index contributed by atoms with van der Waals surface area (Å²) in [6.45, 7) is 2.70. The van der Waals surface area contributed by atoms with E-state index >= 15 is 0 Å². The van der Waals surface area contributed by atoms with Crippen molar-refractivity contribution in [3.8, 4) is 0 Å². The van der Waals surface area contributed by atoms with Gasteiger partial charge in [0.25, 0.3) is 0 Å². The maximum Gasteiger partial charge on any atom is 0.241 e. The summed E-state index contributed by atoms with van der Waals surface area (Å²) in [4.78, 5) is 0. The maximum atomic E-state index is 12.1. The maximum absolute atomic E-state index is 12.1. The van der Waals surface area contributed by atoms with Gasteiger partial charge in [-0.2, -0.15) is 0 Å². The predicted molar refractivity (Wildman–Crippen MR) is 43.4 cm³/mol. The molecule has 0 spiro atoms. The normalized spacial score (nSPS) is 31.6. The molecular weight excluding hydrogens is 172 g/mol. The topological polar surface area (TPSA) is 12.0 Å². The zero-order valence-corrected chi connectivity index (χ0v) is 7.33. The molecule has 1 rings (SSSR count). The first kappa shape index (κ1) is 11.1. The van der Waals surface area contributed by atoms with Crippen LogP contribution in [0.1, 0.15) is 19.8 Å². The van der Waals surface area contributed by atoms with Gasteiger partial charge in [0.05, 0.1) is 0 Å². The molecule has 2 unspecified atom stereocenters. The Balaban J connectivity index is 0.000001000. The molecule has 0 amide bonds. The minimum atomic E-state index is -2.12. The summed E-state index contributed by atoms with van der Waals surface area (Å²) in [6.07, 6.45) is -0.871. The van der Waals surface area contributed by atoms with Crippen LogP contribution in [0.25, 0.3) is 0 Å². The van der Waals surface area contributed by atoms with Gasteiger partial charge >= 0.3 is 0 Å². The van der Waals surface area contributed by atoms with Gasteiger partial charge in [0.1, 0.15) is 0 Å². The van der Waals surface area contributed by atoms with Gasteiger partial charge in [0, 0.05) is 12.0 Å². The van der Waals surface area contributed by atoms with Crippen LogP contribution in [0.2, 0.25) is 0 Å². The Labute approximate surface area is 72.0 Å². The molecule has 4 heteroatoms. The highest BCUT2D eigenvalue weighted by Crippen LogP contribution is 2.22. The zero-order chi connectivity index (χ0) is 7.56. The van der Waals surface area contributed by atoms with Crippen LogP contribution in [0.5, 0.6) is 0 Å². The van der Waals surface area contributed by atoms with Crippen molar-refractivity contribution in [3.63, 3.8) is 0 Å². The first-order valence-electron chi connectivity index (χ1n) is 3.71. The number of hydrogen-bond donors (Lipinski definition) is 1. The molecule has 1 aliphatic heterocycles. The minimum absolute atomic E-state index is 0. The lowest BCUT2D eigenvalue weighted by Crippen LogP contribution is -2.37. The molecule has 0 bridgehead atoms. The van der Waals surface area contributed by atoms with E-state index in [0.29, 0.717) is 12.8 Å². The highest BCUT2D eigenvalue weighted by molar-refractivity contribution is 5.85.